The Balaban J connectivity index is 1.99. The lowest BCUT2D eigenvalue weighted by atomic mass is 9.94. The van der Waals surface area contributed by atoms with E-state index in [-0.39, 0.29) is 12.1 Å². The van der Waals surface area contributed by atoms with Gasteiger partial charge in [0.2, 0.25) is 5.88 Å². The van der Waals surface area contributed by atoms with E-state index < -0.39 is 0 Å². The van der Waals surface area contributed by atoms with Crippen molar-refractivity contribution in [3.63, 3.8) is 0 Å². The maximum Gasteiger partial charge on any atom is 0.231 e. The van der Waals surface area contributed by atoms with Crippen molar-refractivity contribution in [1.82, 2.24) is 9.97 Å². The summed E-state index contributed by atoms with van der Waals surface area (Å²) < 4.78 is 6.57. The standard InChI is InChI=1S/C10H14BrN3O/c11-9-5-13-6-14-10(9)15-8-3-1-2-7(12)4-8/h5-8H,1-4,12H2. The van der Waals surface area contributed by atoms with E-state index >= 15 is 0 Å². The summed E-state index contributed by atoms with van der Waals surface area (Å²) in [6.45, 7) is 0. The SMILES string of the molecule is NC1CCCC(Oc2ncncc2Br)C1. The Morgan fingerprint density at radius 2 is 2.33 bits per heavy atom. The summed E-state index contributed by atoms with van der Waals surface area (Å²) in [7, 11) is 0. The summed E-state index contributed by atoms with van der Waals surface area (Å²) in [5.41, 5.74) is 5.89. The second kappa shape index (κ2) is 4.90. The average molecular weight is 272 g/mol. The first-order valence-corrected chi connectivity index (χ1v) is 5.93. The molecule has 0 aromatic carbocycles. The Bertz CT molecular complexity index is 334. The molecule has 2 N–H and O–H groups in total. The van der Waals surface area contributed by atoms with E-state index in [4.69, 9.17) is 10.5 Å². The van der Waals surface area contributed by atoms with E-state index in [1.807, 2.05) is 0 Å². The highest BCUT2D eigenvalue weighted by Crippen LogP contribution is 2.26. The fourth-order valence-electron chi connectivity index (χ4n) is 1.83. The Morgan fingerprint density at radius 1 is 1.47 bits per heavy atom. The molecule has 0 radical (unpaired) electrons. The minimum Gasteiger partial charge on any atom is -0.473 e. The summed E-state index contributed by atoms with van der Waals surface area (Å²) in [4.78, 5) is 7.97. The molecule has 0 aliphatic heterocycles. The quantitative estimate of drug-likeness (QED) is 0.893. The molecule has 1 fully saturated rings. The van der Waals surface area contributed by atoms with Crippen molar-refractivity contribution in [3.05, 3.63) is 17.0 Å². The smallest absolute Gasteiger partial charge is 0.231 e. The molecule has 1 aromatic rings. The maximum atomic E-state index is 5.89. The molecule has 0 spiro atoms. The molecule has 1 aliphatic rings. The van der Waals surface area contributed by atoms with Crippen LogP contribution in [-0.2, 0) is 0 Å². The number of aromatic nitrogens is 2. The summed E-state index contributed by atoms with van der Waals surface area (Å²) in [5.74, 6) is 0.615. The molecule has 0 bridgehead atoms. The van der Waals surface area contributed by atoms with Gasteiger partial charge in [0.05, 0.1) is 4.47 Å². The van der Waals surface area contributed by atoms with Crippen molar-refractivity contribution >= 4 is 15.9 Å². The first kappa shape index (κ1) is 10.8. The van der Waals surface area contributed by atoms with Crippen LogP contribution in [0.3, 0.4) is 0 Å². The lowest BCUT2D eigenvalue weighted by molar-refractivity contribution is 0.137. The van der Waals surface area contributed by atoms with Crippen molar-refractivity contribution in [3.8, 4) is 5.88 Å². The van der Waals surface area contributed by atoms with Crippen LogP contribution in [0.5, 0.6) is 5.88 Å². The Labute approximate surface area is 97.4 Å². The van der Waals surface area contributed by atoms with Crippen LogP contribution in [0.4, 0.5) is 0 Å². The summed E-state index contributed by atoms with van der Waals surface area (Å²) >= 11 is 3.36. The molecule has 2 rings (SSSR count). The molecular weight excluding hydrogens is 258 g/mol. The predicted octanol–water partition coefficient (Wildman–Crippen LogP) is 1.89. The fraction of sp³-hybridized carbons (Fsp3) is 0.600. The molecule has 1 aromatic heterocycles. The van der Waals surface area contributed by atoms with Gasteiger partial charge in [0.15, 0.2) is 0 Å². The van der Waals surface area contributed by atoms with Gasteiger partial charge in [-0.3, -0.25) is 0 Å². The van der Waals surface area contributed by atoms with Crippen LogP contribution in [0.2, 0.25) is 0 Å². The molecule has 1 heterocycles. The molecule has 0 amide bonds. The number of ether oxygens (including phenoxy) is 1. The van der Waals surface area contributed by atoms with Crippen LogP contribution in [0.15, 0.2) is 17.0 Å². The van der Waals surface area contributed by atoms with Crippen LogP contribution >= 0.6 is 15.9 Å². The van der Waals surface area contributed by atoms with E-state index in [1.165, 1.54) is 6.33 Å². The average Bonchev–Trinajstić information content (AvgIpc) is 2.22. The second-order valence-electron chi connectivity index (χ2n) is 3.84. The second-order valence-corrected chi connectivity index (χ2v) is 4.70. The highest BCUT2D eigenvalue weighted by atomic mass is 79.9. The Kier molecular flexibility index (Phi) is 3.53. The molecule has 2 unspecified atom stereocenters. The maximum absolute atomic E-state index is 5.89. The fourth-order valence-corrected chi connectivity index (χ4v) is 2.15. The summed E-state index contributed by atoms with van der Waals surface area (Å²) in [6, 6.07) is 0.268. The zero-order chi connectivity index (χ0) is 10.7. The number of nitrogens with two attached hydrogens (primary N) is 1. The highest BCUT2D eigenvalue weighted by Gasteiger charge is 2.21. The topological polar surface area (TPSA) is 61.0 Å². The number of hydrogen-bond donors (Lipinski definition) is 1. The molecule has 4 nitrogen and oxygen atoms in total. The lowest BCUT2D eigenvalue weighted by Crippen LogP contribution is -2.33. The van der Waals surface area contributed by atoms with Crippen LogP contribution in [0.1, 0.15) is 25.7 Å². The van der Waals surface area contributed by atoms with Crippen molar-refractivity contribution < 1.29 is 4.74 Å². The zero-order valence-electron chi connectivity index (χ0n) is 8.40. The van der Waals surface area contributed by atoms with Gasteiger partial charge in [-0.1, -0.05) is 0 Å². The van der Waals surface area contributed by atoms with Crippen molar-refractivity contribution in [2.75, 3.05) is 0 Å². The van der Waals surface area contributed by atoms with Gasteiger partial charge in [0.1, 0.15) is 12.4 Å². The predicted molar refractivity (Wildman–Crippen MR) is 60.6 cm³/mol. The van der Waals surface area contributed by atoms with Crippen LogP contribution < -0.4 is 10.5 Å². The van der Waals surface area contributed by atoms with Crippen molar-refractivity contribution in [2.45, 2.75) is 37.8 Å². The molecule has 1 saturated carbocycles. The monoisotopic (exact) mass is 271 g/mol. The third kappa shape index (κ3) is 2.89. The van der Waals surface area contributed by atoms with E-state index in [9.17, 15) is 0 Å². The molecule has 5 heteroatoms. The Morgan fingerprint density at radius 3 is 3.07 bits per heavy atom. The van der Waals surface area contributed by atoms with Gasteiger partial charge in [0, 0.05) is 12.2 Å². The van der Waals surface area contributed by atoms with Gasteiger partial charge in [-0.05, 0) is 41.6 Å². The molecule has 15 heavy (non-hydrogen) atoms. The zero-order valence-corrected chi connectivity index (χ0v) is 9.98. The van der Waals surface area contributed by atoms with Gasteiger partial charge in [-0.15, -0.1) is 0 Å². The molecule has 1 aliphatic carbocycles. The van der Waals surface area contributed by atoms with Gasteiger partial charge in [-0.2, -0.15) is 0 Å². The minimum absolute atomic E-state index is 0.194. The Hall–Kier alpha value is -0.680. The van der Waals surface area contributed by atoms with E-state index in [1.54, 1.807) is 6.20 Å². The van der Waals surface area contributed by atoms with E-state index in [0.717, 1.165) is 30.2 Å². The van der Waals surface area contributed by atoms with Crippen LogP contribution in [-0.4, -0.2) is 22.1 Å². The number of nitrogens with zero attached hydrogens (tertiary/aromatic N) is 2. The number of rotatable bonds is 2. The summed E-state index contributed by atoms with van der Waals surface area (Å²) in [6.07, 6.45) is 7.58. The molecular formula is C10H14BrN3O. The highest BCUT2D eigenvalue weighted by molar-refractivity contribution is 9.10. The van der Waals surface area contributed by atoms with Gasteiger partial charge in [-0.25, -0.2) is 9.97 Å². The van der Waals surface area contributed by atoms with Crippen molar-refractivity contribution in [2.24, 2.45) is 5.73 Å². The summed E-state index contributed by atoms with van der Waals surface area (Å²) in [5, 5.41) is 0. The van der Waals surface area contributed by atoms with Gasteiger partial charge < -0.3 is 10.5 Å². The van der Waals surface area contributed by atoms with Crippen LogP contribution in [0, 0.1) is 0 Å². The molecule has 2 atom stereocenters. The third-order valence-corrected chi connectivity index (χ3v) is 3.12. The lowest BCUT2D eigenvalue weighted by Gasteiger charge is -2.26. The molecule has 82 valence electrons. The van der Waals surface area contributed by atoms with Gasteiger partial charge in [0.25, 0.3) is 0 Å². The normalized spacial score (nSPS) is 26.3. The largest absolute Gasteiger partial charge is 0.473 e. The first-order chi connectivity index (χ1) is 7.25. The third-order valence-electron chi connectivity index (χ3n) is 2.58. The van der Waals surface area contributed by atoms with Crippen molar-refractivity contribution in [1.29, 1.82) is 0 Å². The first-order valence-electron chi connectivity index (χ1n) is 5.13. The van der Waals surface area contributed by atoms with E-state index in [0.29, 0.717) is 5.88 Å². The number of halogens is 1. The van der Waals surface area contributed by atoms with Crippen LogP contribution in [0.25, 0.3) is 0 Å². The van der Waals surface area contributed by atoms with E-state index in [2.05, 4.69) is 25.9 Å². The minimum atomic E-state index is 0.194. The molecule has 0 saturated heterocycles. The number of hydrogen-bond acceptors (Lipinski definition) is 4. The van der Waals surface area contributed by atoms with Gasteiger partial charge >= 0.3 is 0 Å².